The summed E-state index contributed by atoms with van der Waals surface area (Å²) in [6, 6.07) is 0. The van der Waals surface area contributed by atoms with Gasteiger partial charge in [-0.15, -0.1) is 0 Å². The maximum absolute atomic E-state index is 12.5. The van der Waals surface area contributed by atoms with Crippen LogP contribution >= 0.6 is 11.6 Å². The van der Waals surface area contributed by atoms with Gasteiger partial charge in [0.05, 0.1) is 17.2 Å². The topological polar surface area (TPSA) is 59.2 Å². The quantitative estimate of drug-likeness (QED) is 0.838. The molecule has 1 heterocycles. The molecule has 0 unspecified atom stereocenters. The monoisotopic (exact) mass is 251 g/mol. The van der Waals surface area contributed by atoms with Crippen LogP contribution in [-0.2, 0) is 4.74 Å². The van der Waals surface area contributed by atoms with Gasteiger partial charge in [-0.1, -0.05) is 11.6 Å². The van der Waals surface area contributed by atoms with Crippen LogP contribution in [0.2, 0.25) is 5.02 Å². The highest BCUT2D eigenvalue weighted by Gasteiger charge is 2.23. The number of nitrogens with one attached hydrogen (secondary N) is 1. The Morgan fingerprint density at radius 1 is 1.62 bits per heavy atom. The number of hydrogen-bond donors (Lipinski definition) is 1. The van der Waals surface area contributed by atoms with Crippen molar-refractivity contribution in [2.24, 2.45) is 0 Å². The summed E-state index contributed by atoms with van der Waals surface area (Å²) in [6.45, 7) is 1.64. The molecule has 0 radical (unpaired) electrons. The third-order valence-electron chi connectivity index (χ3n) is 1.78. The van der Waals surface area contributed by atoms with Crippen molar-refractivity contribution in [2.45, 2.75) is 13.3 Å². The molecule has 0 spiro atoms. The minimum absolute atomic E-state index is 0.0816. The summed E-state index contributed by atoms with van der Waals surface area (Å²) in [5.41, 5.74) is -2.22. The Bertz CT molecular complexity index is 459. The molecule has 0 atom stereocenters. The van der Waals surface area contributed by atoms with Crippen molar-refractivity contribution < 1.29 is 18.3 Å². The summed E-state index contributed by atoms with van der Waals surface area (Å²) < 4.78 is 29.5. The second kappa shape index (κ2) is 5.07. The summed E-state index contributed by atoms with van der Waals surface area (Å²) >= 11 is 5.54. The summed E-state index contributed by atoms with van der Waals surface area (Å²) in [4.78, 5) is 24.3. The fourth-order valence-corrected chi connectivity index (χ4v) is 1.38. The lowest BCUT2D eigenvalue weighted by atomic mass is 10.2. The van der Waals surface area contributed by atoms with Crippen LogP contribution < -0.4 is 5.56 Å². The SMILES string of the molecule is CCOC(=O)c1c[nH]c(=O)c(C(F)F)c1Cl. The van der Waals surface area contributed by atoms with E-state index in [4.69, 9.17) is 11.6 Å². The third kappa shape index (κ3) is 2.38. The zero-order chi connectivity index (χ0) is 12.3. The number of rotatable bonds is 3. The molecule has 0 saturated carbocycles. The number of aromatic amines is 1. The van der Waals surface area contributed by atoms with E-state index < -0.39 is 28.5 Å². The van der Waals surface area contributed by atoms with E-state index in [9.17, 15) is 18.4 Å². The number of H-pyrrole nitrogens is 1. The molecule has 1 rings (SSSR count). The lowest BCUT2D eigenvalue weighted by molar-refractivity contribution is 0.0525. The Hall–Kier alpha value is -1.43. The van der Waals surface area contributed by atoms with Gasteiger partial charge in [0.25, 0.3) is 12.0 Å². The van der Waals surface area contributed by atoms with Gasteiger partial charge in [-0.2, -0.15) is 0 Å². The predicted octanol–water partition coefficient (Wildman–Crippen LogP) is 2.14. The highest BCUT2D eigenvalue weighted by molar-refractivity contribution is 6.34. The largest absolute Gasteiger partial charge is 0.462 e. The lowest BCUT2D eigenvalue weighted by Gasteiger charge is -2.07. The normalized spacial score (nSPS) is 10.6. The number of esters is 1. The molecule has 16 heavy (non-hydrogen) atoms. The van der Waals surface area contributed by atoms with Gasteiger partial charge in [-0.05, 0) is 6.92 Å². The summed E-state index contributed by atoms with van der Waals surface area (Å²) in [7, 11) is 0. The molecule has 4 nitrogen and oxygen atoms in total. The number of halogens is 3. The van der Waals surface area contributed by atoms with Crippen LogP contribution in [0.1, 0.15) is 29.3 Å². The molecule has 0 bridgehead atoms. The van der Waals surface area contributed by atoms with E-state index in [1.54, 1.807) is 6.92 Å². The third-order valence-corrected chi connectivity index (χ3v) is 2.19. The number of carbonyl (C=O) groups excluding carboxylic acids is 1. The number of carbonyl (C=O) groups is 1. The van der Waals surface area contributed by atoms with Gasteiger partial charge < -0.3 is 9.72 Å². The highest BCUT2D eigenvalue weighted by Crippen LogP contribution is 2.26. The van der Waals surface area contributed by atoms with Crippen molar-refractivity contribution in [3.8, 4) is 0 Å². The summed E-state index contributed by atoms with van der Waals surface area (Å²) in [6.07, 6.45) is -2.10. The van der Waals surface area contributed by atoms with Gasteiger partial charge in [0.1, 0.15) is 5.56 Å². The van der Waals surface area contributed by atoms with Crippen molar-refractivity contribution in [1.29, 1.82) is 0 Å². The minimum atomic E-state index is -3.05. The molecule has 0 fully saturated rings. The molecular formula is C9H8ClF2NO3. The van der Waals surface area contributed by atoms with Crippen molar-refractivity contribution in [3.05, 3.63) is 32.7 Å². The molecule has 0 aromatic carbocycles. The average molecular weight is 252 g/mol. The van der Waals surface area contributed by atoms with Crippen LogP contribution in [0.4, 0.5) is 8.78 Å². The first-order valence-electron chi connectivity index (χ1n) is 4.35. The maximum atomic E-state index is 12.5. The van der Waals surface area contributed by atoms with Gasteiger partial charge in [-0.25, -0.2) is 13.6 Å². The van der Waals surface area contributed by atoms with Crippen LogP contribution in [-0.4, -0.2) is 17.6 Å². The van der Waals surface area contributed by atoms with E-state index in [0.717, 1.165) is 6.20 Å². The van der Waals surface area contributed by atoms with Crippen LogP contribution in [0, 0.1) is 0 Å². The smallest absolute Gasteiger partial charge is 0.341 e. The minimum Gasteiger partial charge on any atom is -0.462 e. The van der Waals surface area contributed by atoms with Gasteiger partial charge >= 0.3 is 5.97 Å². The van der Waals surface area contributed by atoms with Crippen LogP contribution in [0.3, 0.4) is 0 Å². The number of hydrogen-bond acceptors (Lipinski definition) is 3. The molecule has 0 aliphatic heterocycles. The number of ether oxygens (including phenoxy) is 1. The number of aromatic nitrogens is 1. The summed E-state index contributed by atoms with van der Waals surface area (Å²) in [5, 5.41) is -0.572. The second-order valence-corrected chi connectivity index (χ2v) is 3.16. The first-order valence-corrected chi connectivity index (χ1v) is 4.73. The Kier molecular flexibility index (Phi) is 4.00. The molecule has 0 aliphatic rings. The molecule has 1 aromatic rings. The van der Waals surface area contributed by atoms with E-state index >= 15 is 0 Å². The van der Waals surface area contributed by atoms with Crippen molar-refractivity contribution in [3.63, 3.8) is 0 Å². The Morgan fingerprint density at radius 3 is 2.75 bits per heavy atom. The second-order valence-electron chi connectivity index (χ2n) is 2.78. The van der Waals surface area contributed by atoms with E-state index in [1.807, 2.05) is 4.98 Å². The van der Waals surface area contributed by atoms with Crippen LogP contribution in [0.25, 0.3) is 0 Å². The van der Waals surface area contributed by atoms with Crippen molar-refractivity contribution >= 4 is 17.6 Å². The molecule has 0 saturated heterocycles. The Morgan fingerprint density at radius 2 is 2.25 bits per heavy atom. The Balaban J connectivity index is 3.29. The molecule has 0 aliphatic carbocycles. The first kappa shape index (κ1) is 12.6. The highest BCUT2D eigenvalue weighted by atomic mass is 35.5. The van der Waals surface area contributed by atoms with Gasteiger partial charge in [0, 0.05) is 6.20 Å². The molecule has 1 N–H and O–H groups in total. The zero-order valence-corrected chi connectivity index (χ0v) is 8.98. The van der Waals surface area contributed by atoms with E-state index in [2.05, 4.69) is 4.74 Å². The van der Waals surface area contributed by atoms with Crippen molar-refractivity contribution in [1.82, 2.24) is 4.98 Å². The maximum Gasteiger partial charge on any atom is 0.341 e. The lowest BCUT2D eigenvalue weighted by Crippen LogP contribution is -2.17. The fraction of sp³-hybridized carbons (Fsp3) is 0.333. The van der Waals surface area contributed by atoms with Crippen LogP contribution in [0.15, 0.2) is 11.0 Å². The van der Waals surface area contributed by atoms with E-state index in [1.165, 1.54) is 0 Å². The average Bonchev–Trinajstić information content (AvgIpc) is 2.17. The van der Waals surface area contributed by atoms with Crippen LogP contribution in [0.5, 0.6) is 0 Å². The van der Waals surface area contributed by atoms with Gasteiger partial charge in [0.2, 0.25) is 0 Å². The fourth-order valence-electron chi connectivity index (χ4n) is 1.08. The van der Waals surface area contributed by atoms with E-state index in [0.29, 0.717) is 0 Å². The molecular weight excluding hydrogens is 244 g/mol. The van der Waals surface area contributed by atoms with Gasteiger partial charge in [0.15, 0.2) is 0 Å². The molecule has 88 valence electrons. The van der Waals surface area contributed by atoms with Gasteiger partial charge in [-0.3, -0.25) is 4.79 Å². The van der Waals surface area contributed by atoms with E-state index in [-0.39, 0.29) is 12.2 Å². The molecule has 1 aromatic heterocycles. The molecule has 0 amide bonds. The first-order chi connectivity index (χ1) is 7.49. The summed E-state index contributed by atoms with van der Waals surface area (Å²) in [5.74, 6) is -0.856. The Labute approximate surface area is 94.2 Å². The number of pyridine rings is 1. The van der Waals surface area contributed by atoms with Crippen molar-refractivity contribution in [2.75, 3.05) is 6.61 Å². The molecule has 7 heteroatoms. The predicted molar refractivity (Wildman–Crippen MR) is 53.0 cm³/mol. The zero-order valence-electron chi connectivity index (χ0n) is 8.22. The standard InChI is InChI=1S/C9H8ClF2NO3/c1-2-16-9(15)4-3-13-8(14)5(6(4)10)7(11)12/h3,7H,2H2,1H3,(H,13,14). The number of alkyl halides is 2.